The van der Waals surface area contributed by atoms with E-state index < -0.39 is 23.3 Å². The van der Waals surface area contributed by atoms with Gasteiger partial charge in [-0.3, -0.25) is 9.59 Å². The molecule has 4 nitrogen and oxygen atoms in total. The van der Waals surface area contributed by atoms with E-state index in [9.17, 15) is 22.8 Å². The lowest BCUT2D eigenvalue weighted by Gasteiger charge is -2.13. The second-order valence-electron chi connectivity index (χ2n) is 4.81. The molecule has 116 valence electrons. The number of nitrogens with zero attached hydrogens (tertiary/aromatic N) is 1. The van der Waals surface area contributed by atoms with Gasteiger partial charge in [0.1, 0.15) is 11.4 Å². The number of pyridine rings is 1. The van der Waals surface area contributed by atoms with Crippen LogP contribution >= 0.6 is 0 Å². The molecule has 0 aliphatic heterocycles. The maximum atomic E-state index is 12.7. The van der Waals surface area contributed by atoms with Gasteiger partial charge in [0.15, 0.2) is 0 Å². The Labute approximate surface area is 124 Å². The van der Waals surface area contributed by atoms with Crippen LogP contribution in [0.1, 0.15) is 21.6 Å². The summed E-state index contributed by atoms with van der Waals surface area (Å²) in [4.78, 5) is 23.9. The van der Waals surface area contributed by atoms with E-state index in [-0.39, 0.29) is 5.69 Å². The smallest absolute Gasteiger partial charge is 0.317 e. The van der Waals surface area contributed by atoms with Crippen molar-refractivity contribution in [3.05, 3.63) is 63.6 Å². The predicted molar refractivity (Wildman–Crippen MR) is 75.8 cm³/mol. The minimum Gasteiger partial charge on any atom is -0.317 e. The number of benzene rings is 1. The number of carbonyl (C=O) groups excluding carboxylic acids is 1. The maximum Gasteiger partial charge on any atom is 0.431 e. The SMILES string of the molecule is Cc1ccc(C(=O)Nc2ccc(C(F)(F)F)n(C)c2=O)cc1. The average Bonchev–Trinajstić information content (AvgIpc) is 2.43. The highest BCUT2D eigenvalue weighted by atomic mass is 19.4. The topological polar surface area (TPSA) is 51.1 Å². The number of aryl methyl sites for hydroxylation is 1. The summed E-state index contributed by atoms with van der Waals surface area (Å²) in [5.74, 6) is -0.558. The first-order valence-electron chi connectivity index (χ1n) is 6.35. The van der Waals surface area contributed by atoms with E-state index in [0.717, 1.165) is 24.7 Å². The van der Waals surface area contributed by atoms with E-state index in [1.54, 1.807) is 24.3 Å². The van der Waals surface area contributed by atoms with Gasteiger partial charge in [0.25, 0.3) is 11.5 Å². The molecular formula is C15H13F3N2O2. The zero-order chi connectivity index (χ0) is 16.5. The van der Waals surface area contributed by atoms with Crippen molar-refractivity contribution >= 4 is 11.6 Å². The molecule has 1 amide bonds. The second kappa shape index (κ2) is 5.67. The van der Waals surface area contributed by atoms with Crippen molar-refractivity contribution in [1.29, 1.82) is 0 Å². The van der Waals surface area contributed by atoms with Crippen molar-refractivity contribution in [2.75, 3.05) is 5.32 Å². The third-order valence-corrected chi connectivity index (χ3v) is 3.16. The Bertz CT molecular complexity index is 762. The highest BCUT2D eigenvalue weighted by Crippen LogP contribution is 2.28. The Kier molecular flexibility index (Phi) is 4.07. The summed E-state index contributed by atoms with van der Waals surface area (Å²) in [6.45, 7) is 1.85. The van der Waals surface area contributed by atoms with Crippen LogP contribution in [0.15, 0.2) is 41.2 Å². The summed E-state index contributed by atoms with van der Waals surface area (Å²) >= 11 is 0. The van der Waals surface area contributed by atoms with Gasteiger partial charge in [-0.2, -0.15) is 13.2 Å². The zero-order valence-electron chi connectivity index (χ0n) is 11.9. The highest BCUT2D eigenvalue weighted by molar-refractivity contribution is 6.04. The molecule has 0 saturated carbocycles. The van der Waals surface area contributed by atoms with Gasteiger partial charge < -0.3 is 9.88 Å². The summed E-state index contributed by atoms with van der Waals surface area (Å²) in [5.41, 5.74) is -0.934. The molecule has 0 fully saturated rings. The van der Waals surface area contributed by atoms with Gasteiger partial charge in [-0.1, -0.05) is 17.7 Å². The molecule has 0 atom stereocenters. The van der Waals surface area contributed by atoms with E-state index >= 15 is 0 Å². The van der Waals surface area contributed by atoms with Crippen molar-refractivity contribution in [1.82, 2.24) is 4.57 Å². The van der Waals surface area contributed by atoms with E-state index in [4.69, 9.17) is 0 Å². The summed E-state index contributed by atoms with van der Waals surface area (Å²) in [6.07, 6.45) is -4.63. The molecule has 1 N–H and O–H groups in total. The second-order valence-corrected chi connectivity index (χ2v) is 4.81. The van der Waals surface area contributed by atoms with Crippen molar-refractivity contribution in [2.24, 2.45) is 7.05 Å². The molecule has 22 heavy (non-hydrogen) atoms. The maximum absolute atomic E-state index is 12.7. The zero-order valence-corrected chi connectivity index (χ0v) is 11.9. The first-order valence-corrected chi connectivity index (χ1v) is 6.35. The van der Waals surface area contributed by atoms with Crippen LogP contribution in [-0.4, -0.2) is 10.5 Å². The summed E-state index contributed by atoms with van der Waals surface area (Å²) in [7, 11) is 1.01. The normalized spacial score (nSPS) is 11.3. The molecule has 0 radical (unpaired) electrons. The van der Waals surface area contributed by atoms with E-state index in [0.29, 0.717) is 10.1 Å². The van der Waals surface area contributed by atoms with Gasteiger partial charge in [-0.25, -0.2) is 0 Å². The Morgan fingerprint density at radius 1 is 1.09 bits per heavy atom. The molecule has 0 spiro atoms. The number of rotatable bonds is 2. The van der Waals surface area contributed by atoms with Crippen LogP contribution in [0.25, 0.3) is 0 Å². The largest absolute Gasteiger partial charge is 0.431 e. The van der Waals surface area contributed by atoms with Crippen LogP contribution in [0.3, 0.4) is 0 Å². The highest BCUT2D eigenvalue weighted by Gasteiger charge is 2.33. The number of nitrogens with one attached hydrogen (secondary N) is 1. The lowest BCUT2D eigenvalue weighted by molar-refractivity contribution is -0.143. The fraction of sp³-hybridized carbons (Fsp3) is 0.200. The van der Waals surface area contributed by atoms with Crippen molar-refractivity contribution < 1.29 is 18.0 Å². The molecule has 1 aromatic heterocycles. The quantitative estimate of drug-likeness (QED) is 0.927. The molecule has 0 bridgehead atoms. The number of alkyl halides is 3. The molecule has 0 unspecified atom stereocenters. The average molecular weight is 310 g/mol. The van der Waals surface area contributed by atoms with Crippen LogP contribution in [0.4, 0.5) is 18.9 Å². The number of hydrogen-bond donors (Lipinski definition) is 1. The lowest BCUT2D eigenvalue weighted by Crippen LogP contribution is -2.29. The van der Waals surface area contributed by atoms with E-state index in [1.165, 1.54) is 0 Å². The fourth-order valence-corrected chi connectivity index (χ4v) is 1.91. The van der Waals surface area contributed by atoms with E-state index in [2.05, 4.69) is 5.32 Å². The van der Waals surface area contributed by atoms with Gasteiger partial charge in [0.2, 0.25) is 0 Å². The van der Waals surface area contributed by atoms with Crippen molar-refractivity contribution in [3.63, 3.8) is 0 Å². The molecule has 0 saturated heterocycles. The van der Waals surface area contributed by atoms with Gasteiger partial charge >= 0.3 is 6.18 Å². The Morgan fingerprint density at radius 3 is 2.23 bits per heavy atom. The summed E-state index contributed by atoms with van der Waals surface area (Å²) in [5, 5.41) is 2.33. The van der Waals surface area contributed by atoms with Crippen LogP contribution in [-0.2, 0) is 13.2 Å². The first-order chi connectivity index (χ1) is 10.2. The minimum atomic E-state index is -4.63. The van der Waals surface area contributed by atoms with Crippen LogP contribution in [0, 0.1) is 6.92 Å². The summed E-state index contributed by atoms with van der Waals surface area (Å²) in [6, 6.07) is 8.29. The van der Waals surface area contributed by atoms with E-state index in [1.807, 2.05) is 6.92 Å². The standard InChI is InChI=1S/C15H13F3N2O2/c1-9-3-5-10(6-4-9)13(21)19-11-7-8-12(15(16,17)18)20(2)14(11)22/h3-8H,1-2H3,(H,19,21). The van der Waals surface area contributed by atoms with Crippen molar-refractivity contribution in [2.45, 2.75) is 13.1 Å². The summed E-state index contributed by atoms with van der Waals surface area (Å²) < 4.78 is 38.5. The molecule has 1 heterocycles. The number of halogens is 3. The molecule has 0 aliphatic rings. The number of anilines is 1. The van der Waals surface area contributed by atoms with Crippen LogP contribution in [0.2, 0.25) is 0 Å². The fourth-order valence-electron chi connectivity index (χ4n) is 1.91. The van der Waals surface area contributed by atoms with Crippen LogP contribution in [0.5, 0.6) is 0 Å². The van der Waals surface area contributed by atoms with Gasteiger partial charge in [0.05, 0.1) is 0 Å². The van der Waals surface area contributed by atoms with Crippen LogP contribution < -0.4 is 10.9 Å². The molecule has 2 rings (SSSR count). The van der Waals surface area contributed by atoms with Gasteiger partial charge in [-0.15, -0.1) is 0 Å². The molecule has 7 heteroatoms. The number of amides is 1. The molecule has 0 aliphatic carbocycles. The third-order valence-electron chi connectivity index (χ3n) is 3.16. The molecular weight excluding hydrogens is 297 g/mol. The van der Waals surface area contributed by atoms with Crippen molar-refractivity contribution in [3.8, 4) is 0 Å². The lowest BCUT2D eigenvalue weighted by atomic mass is 10.1. The number of carbonyl (C=O) groups is 1. The van der Waals surface area contributed by atoms with Gasteiger partial charge in [0, 0.05) is 12.6 Å². The number of hydrogen-bond acceptors (Lipinski definition) is 2. The Hall–Kier alpha value is -2.57. The first kappa shape index (κ1) is 15.8. The Balaban J connectivity index is 2.31. The monoisotopic (exact) mass is 310 g/mol. The molecule has 2 aromatic rings. The predicted octanol–water partition coefficient (Wildman–Crippen LogP) is 2.96. The Morgan fingerprint density at radius 2 is 1.68 bits per heavy atom. The third kappa shape index (κ3) is 3.19. The molecule has 1 aromatic carbocycles. The van der Waals surface area contributed by atoms with Gasteiger partial charge in [-0.05, 0) is 31.2 Å². The number of aromatic nitrogens is 1. The minimum absolute atomic E-state index is 0.207.